The van der Waals surface area contributed by atoms with Gasteiger partial charge >= 0.3 is 0 Å². The molecule has 18 heavy (non-hydrogen) atoms. The van der Waals surface area contributed by atoms with E-state index < -0.39 is 10.2 Å². The van der Waals surface area contributed by atoms with Crippen molar-refractivity contribution in [2.24, 2.45) is 17.6 Å². The molecular formula is C12H25N3O2S. The fourth-order valence-corrected chi connectivity index (χ4v) is 4.57. The van der Waals surface area contributed by atoms with Crippen LogP contribution in [0.25, 0.3) is 0 Å². The monoisotopic (exact) mass is 275 g/mol. The highest BCUT2D eigenvalue weighted by Gasteiger charge is 2.34. The Bertz CT molecular complexity index is 364. The van der Waals surface area contributed by atoms with Crippen molar-refractivity contribution in [3.8, 4) is 0 Å². The largest absolute Gasteiger partial charge is 0.330 e. The number of hydrogen-bond acceptors (Lipinski definition) is 3. The average molecular weight is 275 g/mol. The maximum atomic E-state index is 12.5. The van der Waals surface area contributed by atoms with Gasteiger partial charge in [0.2, 0.25) is 0 Å². The molecular weight excluding hydrogens is 250 g/mol. The zero-order valence-corrected chi connectivity index (χ0v) is 12.0. The highest BCUT2D eigenvalue weighted by Crippen LogP contribution is 2.24. The summed E-state index contributed by atoms with van der Waals surface area (Å²) < 4.78 is 28.3. The van der Waals surface area contributed by atoms with Crippen LogP contribution in [-0.4, -0.2) is 49.8 Å². The summed E-state index contributed by atoms with van der Waals surface area (Å²) in [5.41, 5.74) is 5.67. The van der Waals surface area contributed by atoms with Crippen LogP contribution >= 0.6 is 0 Å². The van der Waals surface area contributed by atoms with Crippen LogP contribution < -0.4 is 5.73 Å². The van der Waals surface area contributed by atoms with E-state index in [1.54, 1.807) is 8.61 Å². The van der Waals surface area contributed by atoms with E-state index in [0.29, 0.717) is 44.6 Å². The maximum absolute atomic E-state index is 12.5. The third-order valence-electron chi connectivity index (χ3n) is 4.21. The van der Waals surface area contributed by atoms with Crippen LogP contribution in [0.15, 0.2) is 0 Å². The second-order valence-electron chi connectivity index (χ2n) is 5.69. The molecule has 1 unspecified atom stereocenters. The van der Waals surface area contributed by atoms with Crippen LogP contribution in [0.4, 0.5) is 0 Å². The van der Waals surface area contributed by atoms with Gasteiger partial charge in [0.25, 0.3) is 10.2 Å². The van der Waals surface area contributed by atoms with Gasteiger partial charge in [0.15, 0.2) is 0 Å². The standard InChI is InChI=1S/C12H25N3O2S/c1-11-4-7-14(8-5-11)18(16,17)15-6-2-3-12(9-13)10-15/h11-12H,2-10,13H2,1H3. The van der Waals surface area contributed by atoms with E-state index in [4.69, 9.17) is 5.73 Å². The summed E-state index contributed by atoms with van der Waals surface area (Å²) in [5, 5.41) is 0. The molecule has 0 aromatic rings. The predicted octanol–water partition coefficient (Wildman–Crippen LogP) is 0.634. The summed E-state index contributed by atoms with van der Waals surface area (Å²) >= 11 is 0. The third kappa shape index (κ3) is 3.04. The normalized spacial score (nSPS) is 29.6. The molecule has 0 amide bonds. The molecule has 0 aromatic heterocycles. The van der Waals surface area contributed by atoms with Gasteiger partial charge in [-0.1, -0.05) is 6.92 Å². The summed E-state index contributed by atoms with van der Waals surface area (Å²) in [5.74, 6) is 0.979. The average Bonchev–Trinajstić information content (AvgIpc) is 2.39. The molecule has 2 rings (SSSR count). The first kappa shape index (κ1) is 14.2. The van der Waals surface area contributed by atoms with E-state index in [2.05, 4.69) is 6.92 Å². The number of nitrogens with zero attached hydrogens (tertiary/aromatic N) is 2. The van der Waals surface area contributed by atoms with Crippen LogP contribution in [-0.2, 0) is 10.2 Å². The van der Waals surface area contributed by atoms with Gasteiger partial charge in [0.05, 0.1) is 0 Å². The van der Waals surface area contributed by atoms with Gasteiger partial charge < -0.3 is 5.73 Å². The van der Waals surface area contributed by atoms with E-state index in [9.17, 15) is 8.42 Å². The fourth-order valence-electron chi connectivity index (χ4n) is 2.81. The number of nitrogens with two attached hydrogens (primary N) is 1. The molecule has 0 aliphatic carbocycles. The minimum absolute atomic E-state index is 0.331. The van der Waals surface area contributed by atoms with Crippen LogP contribution in [0.1, 0.15) is 32.6 Å². The van der Waals surface area contributed by atoms with Gasteiger partial charge in [-0.2, -0.15) is 17.0 Å². The Morgan fingerprint density at radius 2 is 1.78 bits per heavy atom. The molecule has 106 valence electrons. The van der Waals surface area contributed by atoms with Crippen molar-refractivity contribution in [1.82, 2.24) is 8.61 Å². The number of piperidine rings is 2. The third-order valence-corrected chi connectivity index (χ3v) is 6.21. The van der Waals surface area contributed by atoms with Crippen molar-refractivity contribution < 1.29 is 8.42 Å². The zero-order valence-electron chi connectivity index (χ0n) is 11.2. The quantitative estimate of drug-likeness (QED) is 0.821. The van der Waals surface area contributed by atoms with E-state index in [1.807, 2.05) is 0 Å². The molecule has 0 radical (unpaired) electrons. The lowest BCUT2D eigenvalue weighted by atomic mass is 10.0. The summed E-state index contributed by atoms with van der Waals surface area (Å²) in [6, 6.07) is 0. The molecule has 0 spiro atoms. The Morgan fingerprint density at radius 1 is 1.11 bits per heavy atom. The van der Waals surface area contributed by atoms with E-state index >= 15 is 0 Å². The summed E-state index contributed by atoms with van der Waals surface area (Å²) in [6.45, 7) is 5.38. The molecule has 0 bridgehead atoms. The Balaban J connectivity index is 2.01. The first-order valence-electron chi connectivity index (χ1n) is 6.99. The van der Waals surface area contributed by atoms with Crippen molar-refractivity contribution >= 4 is 10.2 Å². The minimum atomic E-state index is -3.24. The molecule has 2 heterocycles. The summed E-state index contributed by atoms with van der Waals surface area (Å²) in [7, 11) is -3.24. The fraction of sp³-hybridized carbons (Fsp3) is 1.00. The van der Waals surface area contributed by atoms with Gasteiger partial charge in [-0.05, 0) is 44.1 Å². The first-order chi connectivity index (χ1) is 8.54. The molecule has 2 N–H and O–H groups in total. The van der Waals surface area contributed by atoms with Crippen molar-refractivity contribution in [2.75, 3.05) is 32.7 Å². The molecule has 5 nitrogen and oxygen atoms in total. The van der Waals surface area contributed by atoms with E-state index in [1.165, 1.54) is 0 Å². The minimum Gasteiger partial charge on any atom is -0.330 e. The second-order valence-corrected chi connectivity index (χ2v) is 7.62. The lowest BCUT2D eigenvalue weighted by molar-refractivity contribution is 0.228. The molecule has 2 aliphatic heterocycles. The Hall–Kier alpha value is -0.170. The Kier molecular flexibility index (Phi) is 4.64. The van der Waals surface area contributed by atoms with Crippen LogP contribution in [0.5, 0.6) is 0 Å². The Labute approximate surface area is 110 Å². The van der Waals surface area contributed by atoms with Gasteiger partial charge in [0.1, 0.15) is 0 Å². The molecule has 0 aromatic carbocycles. The summed E-state index contributed by atoms with van der Waals surface area (Å²) in [4.78, 5) is 0. The number of hydrogen-bond donors (Lipinski definition) is 1. The van der Waals surface area contributed by atoms with E-state index in [0.717, 1.165) is 25.7 Å². The van der Waals surface area contributed by atoms with Crippen molar-refractivity contribution in [2.45, 2.75) is 32.6 Å². The van der Waals surface area contributed by atoms with Gasteiger partial charge in [-0.15, -0.1) is 0 Å². The molecule has 2 aliphatic rings. The maximum Gasteiger partial charge on any atom is 0.281 e. The topological polar surface area (TPSA) is 66.6 Å². The van der Waals surface area contributed by atoms with Crippen LogP contribution in [0.3, 0.4) is 0 Å². The SMILES string of the molecule is CC1CCN(S(=O)(=O)N2CCCC(CN)C2)CC1. The highest BCUT2D eigenvalue weighted by molar-refractivity contribution is 7.86. The Morgan fingerprint density at radius 3 is 2.39 bits per heavy atom. The zero-order chi connectivity index (χ0) is 13.2. The smallest absolute Gasteiger partial charge is 0.281 e. The molecule has 2 fully saturated rings. The van der Waals surface area contributed by atoms with Gasteiger partial charge in [-0.25, -0.2) is 0 Å². The molecule has 2 saturated heterocycles. The molecule has 6 heteroatoms. The van der Waals surface area contributed by atoms with Gasteiger partial charge in [-0.3, -0.25) is 0 Å². The summed E-state index contributed by atoms with van der Waals surface area (Å²) in [6.07, 6.45) is 3.95. The van der Waals surface area contributed by atoms with Crippen LogP contribution in [0.2, 0.25) is 0 Å². The second kappa shape index (κ2) is 5.86. The molecule has 0 saturated carbocycles. The first-order valence-corrected chi connectivity index (χ1v) is 8.39. The lowest BCUT2D eigenvalue weighted by Crippen LogP contribution is -2.50. The van der Waals surface area contributed by atoms with Crippen molar-refractivity contribution in [3.05, 3.63) is 0 Å². The van der Waals surface area contributed by atoms with Crippen molar-refractivity contribution in [1.29, 1.82) is 0 Å². The number of rotatable bonds is 3. The highest BCUT2D eigenvalue weighted by atomic mass is 32.2. The van der Waals surface area contributed by atoms with Crippen molar-refractivity contribution in [3.63, 3.8) is 0 Å². The lowest BCUT2D eigenvalue weighted by Gasteiger charge is -2.37. The van der Waals surface area contributed by atoms with Crippen LogP contribution in [0, 0.1) is 11.8 Å². The molecule has 1 atom stereocenters. The predicted molar refractivity (Wildman–Crippen MR) is 72.2 cm³/mol. The van der Waals surface area contributed by atoms with Gasteiger partial charge in [0, 0.05) is 26.2 Å². The van der Waals surface area contributed by atoms with E-state index in [-0.39, 0.29) is 0 Å².